The molecule has 30 heavy (non-hydrogen) atoms. The maximum Gasteiger partial charge on any atom is 0.179 e. The molecule has 2 aliphatic rings. The van der Waals surface area contributed by atoms with Gasteiger partial charge in [-0.3, -0.25) is 4.90 Å². The van der Waals surface area contributed by atoms with Crippen LogP contribution in [0.4, 0.5) is 26.7 Å². The summed E-state index contributed by atoms with van der Waals surface area (Å²) in [5.41, 5.74) is 0.242. The van der Waals surface area contributed by atoms with Gasteiger partial charge in [0, 0.05) is 23.9 Å². The van der Waals surface area contributed by atoms with E-state index in [0.717, 1.165) is 27.9 Å². The Morgan fingerprint density at radius 2 is 1.60 bits per heavy atom. The molecular weight excluding hydrogens is 395 g/mol. The van der Waals surface area contributed by atoms with Crippen molar-refractivity contribution >= 4 is 33.7 Å². The first-order valence-electron chi connectivity index (χ1n) is 10.9. The molecule has 0 aliphatic carbocycles. The fourth-order valence-corrected chi connectivity index (χ4v) is 5.17. The van der Waals surface area contributed by atoms with Crippen molar-refractivity contribution in [2.24, 2.45) is 5.92 Å². The van der Waals surface area contributed by atoms with Crippen molar-refractivity contribution in [3.05, 3.63) is 59.7 Å². The predicted octanol–water partition coefficient (Wildman–Crippen LogP) is 7.43. The van der Waals surface area contributed by atoms with E-state index in [1.54, 1.807) is 23.7 Å². The van der Waals surface area contributed by atoms with E-state index in [2.05, 4.69) is 25.8 Å². The first-order chi connectivity index (χ1) is 14.7. The third-order valence-electron chi connectivity index (χ3n) is 5.68. The van der Waals surface area contributed by atoms with E-state index in [-0.39, 0.29) is 12.1 Å². The monoisotopic (exact) mass is 426 g/mol. The quantitative estimate of drug-likeness (QED) is 0.426. The molecular formula is C24H31FN4S. The van der Waals surface area contributed by atoms with Crippen molar-refractivity contribution in [1.29, 1.82) is 0 Å². The molecule has 0 saturated carbocycles. The molecule has 4 heterocycles. The minimum atomic E-state index is -1.39. The molecule has 0 bridgehead atoms. The van der Waals surface area contributed by atoms with Crippen molar-refractivity contribution in [2.45, 2.75) is 59.8 Å². The lowest BCUT2D eigenvalue weighted by molar-refractivity contribution is 0.0620. The minimum absolute atomic E-state index is 0.189. The number of alkyl halides is 1. The van der Waals surface area contributed by atoms with Crippen LogP contribution in [0.25, 0.3) is 0 Å². The molecule has 3 aromatic rings. The number of halogens is 1. The Morgan fingerprint density at radius 1 is 0.967 bits per heavy atom. The van der Waals surface area contributed by atoms with Gasteiger partial charge in [-0.05, 0) is 30.0 Å². The fourth-order valence-electron chi connectivity index (χ4n) is 4.40. The highest BCUT2D eigenvalue weighted by atomic mass is 32.1. The molecule has 0 fully saturated rings. The Morgan fingerprint density at radius 3 is 2.20 bits per heavy atom. The van der Waals surface area contributed by atoms with E-state index in [0.29, 0.717) is 6.42 Å². The molecule has 4 nitrogen and oxygen atoms in total. The largest absolute Gasteiger partial charge is 0.301 e. The zero-order valence-electron chi connectivity index (χ0n) is 18.6. The Kier molecular flexibility index (Phi) is 6.76. The highest BCUT2D eigenvalue weighted by molar-refractivity contribution is 7.14. The molecule has 5 rings (SSSR count). The first-order valence-corrected chi connectivity index (χ1v) is 11.8. The zero-order chi connectivity index (χ0) is 21.9. The molecule has 3 atom stereocenters. The third kappa shape index (κ3) is 3.18. The van der Waals surface area contributed by atoms with Crippen LogP contribution in [-0.4, -0.2) is 16.1 Å². The second-order valence-corrected chi connectivity index (χ2v) is 7.76. The van der Waals surface area contributed by atoms with E-state index in [1.165, 1.54) is 0 Å². The number of benzene rings is 1. The number of nitrogens with zero attached hydrogens (tertiary/aromatic N) is 4. The summed E-state index contributed by atoms with van der Waals surface area (Å²) in [6, 6.07) is 11.9. The van der Waals surface area contributed by atoms with Crippen LogP contribution in [-0.2, 0) is 5.67 Å². The first kappa shape index (κ1) is 22.2. The smallest absolute Gasteiger partial charge is 0.179 e. The topological polar surface area (TPSA) is 32.3 Å². The summed E-state index contributed by atoms with van der Waals surface area (Å²) >= 11 is 1.64. The SMILES string of the molecule is CC.CC.CCC1(F)c2ccccc2N2c3nccnc3N(c3cccs3)C2C1C. The van der Waals surface area contributed by atoms with Gasteiger partial charge in [0.15, 0.2) is 11.6 Å². The summed E-state index contributed by atoms with van der Waals surface area (Å²) in [5.74, 6) is 1.34. The lowest BCUT2D eigenvalue weighted by Crippen LogP contribution is -2.53. The molecule has 0 amide bonds. The van der Waals surface area contributed by atoms with Crippen LogP contribution in [0.2, 0.25) is 0 Å². The van der Waals surface area contributed by atoms with E-state index in [4.69, 9.17) is 0 Å². The fraction of sp³-hybridized carbons (Fsp3) is 0.417. The van der Waals surface area contributed by atoms with Crippen LogP contribution in [0.15, 0.2) is 54.2 Å². The number of para-hydroxylation sites is 1. The summed E-state index contributed by atoms with van der Waals surface area (Å²) in [4.78, 5) is 13.5. The van der Waals surface area contributed by atoms with Gasteiger partial charge in [0.05, 0.1) is 10.7 Å². The average molecular weight is 427 g/mol. The van der Waals surface area contributed by atoms with Crippen LogP contribution in [0.3, 0.4) is 0 Å². The highest BCUT2D eigenvalue weighted by Crippen LogP contribution is 2.58. The van der Waals surface area contributed by atoms with Crippen molar-refractivity contribution in [3.8, 4) is 0 Å². The maximum atomic E-state index is 16.3. The van der Waals surface area contributed by atoms with Gasteiger partial charge in [-0.25, -0.2) is 14.4 Å². The standard InChI is InChI=1S/C20H19FN4S.2C2H6/c1-3-20(21)13(2)19-24(15-8-5-4-7-14(15)20)17-18(23-11-10-22-17)25(19)16-9-6-12-26-16;2*1-2/h4-13,19H,3H2,1-2H3;2*1-2H3. The van der Waals surface area contributed by atoms with E-state index < -0.39 is 5.67 Å². The van der Waals surface area contributed by atoms with Crippen LogP contribution in [0, 0.1) is 5.92 Å². The van der Waals surface area contributed by atoms with Gasteiger partial charge in [-0.1, -0.05) is 59.7 Å². The second-order valence-electron chi connectivity index (χ2n) is 6.83. The summed E-state index contributed by atoms with van der Waals surface area (Å²) < 4.78 is 16.3. The van der Waals surface area contributed by atoms with Gasteiger partial charge in [-0.15, -0.1) is 11.3 Å². The number of hydrogen-bond acceptors (Lipinski definition) is 5. The van der Waals surface area contributed by atoms with Crippen molar-refractivity contribution < 1.29 is 4.39 Å². The van der Waals surface area contributed by atoms with Gasteiger partial charge in [0.1, 0.15) is 11.8 Å². The molecule has 2 aliphatic heterocycles. The molecule has 6 heteroatoms. The van der Waals surface area contributed by atoms with Crippen molar-refractivity contribution in [2.75, 3.05) is 9.80 Å². The molecule has 0 saturated heterocycles. The summed E-state index contributed by atoms with van der Waals surface area (Å²) in [7, 11) is 0. The molecule has 0 radical (unpaired) electrons. The Hall–Kier alpha value is -2.47. The number of rotatable bonds is 2. The summed E-state index contributed by atoms with van der Waals surface area (Å²) in [5, 5.41) is 3.10. The van der Waals surface area contributed by atoms with E-state index in [9.17, 15) is 0 Å². The van der Waals surface area contributed by atoms with E-state index in [1.807, 2.05) is 77.3 Å². The molecule has 0 N–H and O–H groups in total. The number of thiophene rings is 1. The van der Waals surface area contributed by atoms with Gasteiger partial charge in [-0.2, -0.15) is 0 Å². The zero-order valence-corrected chi connectivity index (χ0v) is 19.4. The number of aromatic nitrogens is 2. The van der Waals surface area contributed by atoms with Gasteiger partial charge in [0.25, 0.3) is 0 Å². The van der Waals surface area contributed by atoms with Gasteiger partial charge >= 0.3 is 0 Å². The van der Waals surface area contributed by atoms with Crippen LogP contribution >= 0.6 is 11.3 Å². The molecule has 0 spiro atoms. The van der Waals surface area contributed by atoms with Crippen molar-refractivity contribution in [1.82, 2.24) is 9.97 Å². The van der Waals surface area contributed by atoms with Crippen molar-refractivity contribution in [3.63, 3.8) is 0 Å². The maximum absolute atomic E-state index is 16.3. The molecule has 160 valence electrons. The Balaban J connectivity index is 0.000000606. The van der Waals surface area contributed by atoms with Crippen LogP contribution in [0.1, 0.15) is 53.5 Å². The third-order valence-corrected chi connectivity index (χ3v) is 6.55. The van der Waals surface area contributed by atoms with Crippen LogP contribution in [0.5, 0.6) is 0 Å². The molecule has 2 aromatic heterocycles. The van der Waals surface area contributed by atoms with Gasteiger partial charge in [0.2, 0.25) is 0 Å². The lowest BCUT2D eigenvalue weighted by Gasteiger charge is -2.47. The number of anilines is 4. The molecule has 1 aromatic carbocycles. The highest BCUT2D eigenvalue weighted by Gasteiger charge is 2.56. The number of hydrogen-bond donors (Lipinski definition) is 0. The average Bonchev–Trinajstić information content (AvgIpc) is 3.46. The van der Waals surface area contributed by atoms with Crippen LogP contribution < -0.4 is 9.80 Å². The predicted molar refractivity (Wildman–Crippen MR) is 126 cm³/mol. The van der Waals surface area contributed by atoms with Gasteiger partial charge < -0.3 is 4.90 Å². The van der Waals surface area contributed by atoms with E-state index >= 15 is 4.39 Å². The molecule has 3 unspecified atom stereocenters. The summed E-state index contributed by atoms with van der Waals surface area (Å²) in [6.45, 7) is 11.9. The Bertz CT molecular complexity index is 961. The second kappa shape index (κ2) is 9.13. The lowest BCUT2D eigenvalue weighted by atomic mass is 9.76. The number of fused-ring (bicyclic) bond motifs is 5. The summed E-state index contributed by atoms with van der Waals surface area (Å²) in [6.07, 6.45) is 3.66. The Labute approximate surface area is 183 Å². The minimum Gasteiger partial charge on any atom is -0.301 e. The normalized spacial score (nSPS) is 23.3.